The van der Waals surface area contributed by atoms with Crippen LogP contribution in [0.3, 0.4) is 0 Å². The molecule has 0 atom stereocenters. The Morgan fingerprint density at radius 2 is 1.77 bits per heavy atom. The Kier molecular flexibility index (Phi) is 5.51. The summed E-state index contributed by atoms with van der Waals surface area (Å²) < 4.78 is 13.7. The molecule has 2 N–H and O–H groups in total. The lowest BCUT2D eigenvalue weighted by Crippen LogP contribution is -2.21. The van der Waals surface area contributed by atoms with Crippen molar-refractivity contribution in [3.63, 3.8) is 0 Å². The lowest BCUT2D eigenvalue weighted by atomic mass is 10.2. The van der Waals surface area contributed by atoms with E-state index in [0.717, 1.165) is 6.07 Å². The molecule has 0 heterocycles. The number of benzene rings is 2. The van der Waals surface area contributed by atoms with Gasteiger partial charge in [0.25, 0.3) is 0 Å². The zero-order chi connectivity index (χ0) is 16.1. The lowest BCUT2D eigenvalue weighted by molar-refractivity contribution is -0.123. The van der Waals surface area contributed by atoms with Crippen LogP contribution in [0.4, 0.5) is 15.8 Å². The van der Waals surface area contributed by atoms with Gasteiger partial charge < -0.3 is 10.6 Å². The van der Waals surface area contributed by atoms with Crippen molar-refractivity contribution in [3.8, 4) is 0 Å². The Hall–Kier alpha value is -1.92. The Morgan fingerprint density at radius 1 is 1.09 bits per heavy atom. The minimum Gasteiger partial charge on any atom is -0.326 e. The van der Waals surface area contributed by atoms with Crippen LogP contribution in [0, 0.1) is 5.82 Å². The fraction of sp³-hybridized carbons (Fsp3) is 0.0667. The van der Waals surface area contributed by atoms with Crippen molar-refractivity contribution in [1.29, 1.82) is 0 Å². The molecule has 2 amide bonds. The zero-order valence-electron chi connectivity index (χ0n) is 11.2. The molecule has 0 bridgehead atoms. The van der Waals surface area contributed by atoms with Gasteiger partial charge in [-0.1, -0.05) is 23.7 Å². The molecule has 22 heavy (non-hydrogen) atoms. The van der Waals surface area contributed by atoms with Crippen LogP contribution in [0.5, 0.6) is 0 Å². The standard InChI is InChI=1S/C15H11BrClFN2O2/c16-10-3-1-2-4-13(10)20-15(22)8-14(21)19-9-5-6-12(18)11(17)7-9/h1-7H,8H2,(H,19,21)(H,20,22). The van der Waals surface area contributed by atoms with E-state index in [1.54, 1.807) is 18.2 Å². The maximum atomic E-state index is 13.0. The van der Waals surface area contributed by atoms with Crippen LogP contribution in [0.25, 0.3) is 0 Å². The summed E-state index contributed by atoms with van der Waals surface area (Å²) in [5.74, 6) is -1.56. The van der Waals surface area contributed by atoms with E-state index in [0.29, 0.717) is 15.8 Å². The molecule has 2 rings (SSSR count). The highest BCUT2D eigenvalue weighted by Crippen LogP contribution is 2.22. The van der Waals surface area contributed by atoms with Crippen molar-refractivity contribution < 1.29 is 14.0 Å². The van der Waals surface area contributed by atoms with E-state index in [1.807, 2.05) is 6.07 Å². The van der Waals surface area contributed by atoms with E-state index in [2.05, 4.69) is 26.6 Å². The molecule has 2 aromatic rings. The number of carbonyl (C=O) groups is 2. The number of carbonyl (C=O) groups excluding carboxylic acids is 2. The van der Waals surface area contributed by atoms with E-state index < -0.39 is 17.6 Å². The summed E-state index contributed by atoms with van der Waals surface area (Å²) >= 11 is 8.91. The fourth-order valence-corrected chi connectivity index (χ4v) is 2.25. The second-order valence-corrected chi connectivity index (χ2v) is 5.64. The molecule has 0 fully saturated rings. The van der Waals surface area contributed by atoms with Gasteiger partial charge in [0.1, 0.15) is 12.2 Å². The van der Waals surface area contributed by atoms with Crippen LogP contribution < -0.4 is 10.6 Å². The number of hydrogen-bond acceptors (Lipinski definition) is 2. The predicted molar refractivity (Wildman–Crippen MR) is 87.4 cm³/mol. The van der Waals surface area contributed by atoms with Crippen molar-refractivity contribution >= 4 is 50.7 Å². The van der Waals surface area contributed by atoms with Gasteiger partial charge >= 0.3 is 0 Å². The van der Waals surface area contributed by atoms with Crippen LogP contribution in [-0.4, -0.2) is 11.8 Å². The number of amides is 2. The molecule has 2 aromatic carbocycles. The summed E-state index contributed by atoms with van der Waals surface area (Å²) in [7, 11) is 0. The largest absolute Gasteiger partial charge is 0.326 e. The molecule has 0 aliphatic rings. The van der Waals surface area contributed by atoms with Crippen LogP contribution in [0.1, 0.15) is 6.42 Å². The van der Waals surface area contributed by atoms with Crippen LogP contribution in [0.15, 0.2) is 46.9 Å². The van der Waals surface area contributed by atoms with E-state index in [-0.39, 0.29) is 11.4 Å². The Labute approximate surface area is 139 Å². The van der Waals surface area contributed by atoms with E-state index in [9.17, 15) is 14.0 Å². The normalized spacial score (nSPS) is 10.1. The highest BCUT2D eigenvalue weighted by Gasteiger charge is 2.12. The molecular weight excluding hydrogens is 375 g/mol. The van der Waals surface area contributed by atoms with Gasteiger partial charge in [-0.3, -0.25) is 9.59 Å². The number of rotatable bonds is 4. The van der Waals surface area contributed by atoms with Crippen molar-refractivity contribution in [2.24, 2.45) is 0 Å². The summed E-state index contributed by atoms with van der Waals surface area (Å²) in [5, 5.41) is 4.99. The molecular formula is C15H11BrClFN2O2. The third kappa shape index (κ3) is 4.54. The molecule has 0 aromatic heterocycles. The molecule has 0 saturated heterocycles. The molecule has 7 heteroatoms. The Morgan fingerprint density at radius 3 is 2.45 bits per heavy atom. The molecule has 114 valence electrons. The smallest absolute Gasteiger partial charge is 0.233 e. The second kappa shape index (κ2) is 7.38. The monoisotopic (exact) mass is 384 g/mol. The number of hydrogen-bond donors (Lipinski definition) is 2. The molecule has 0 spiro atoms. The maximum absolute atomic E-state index is 13.0. The van der Waals surface area contributed by atoms with Gasteiger partial charge in [-0.2, -0.15) is 0 Å². The predicted octanol–water partition coefficient (Wildman–Crippen LogP) is 4.21. The number of para-hydroxylation sites is 1. The maximum Gasteiger partial charge on any atom is 0.233 e. The first-order chi connectivity index (χ1) is 10.5. The summed E-state index contributed by atoms with van der Waals surface area (Å²) in [6.45, 7) is 0. The van der Waals surface area contributed by atoms with Crippen LogP contribution >= 0.6 is 27.5 Å². The van der Waals surface area contributed by atoms with Gasteiger partial charge in [-0.25, -0.2) is 4.39 Å². The zero-order valence-corrected chi connectivity index (χ0v) is 13.5. The minimum absolute atomic E-state index is 0.101. The van der Waals surface area contributed by atoms with Crippen LogP contribution in [-0.2, 0) is 9.59 Å². The van der Waals surface area contributed by atoms with Gasteiger partial charge in [-0.15, -0.1) is 0 Å². The average molecular weight is 386 g/mol. The topological polar surface area (TPSA) is 58.2 Å². The molecule has 4 nitrogen and oxygen atoms in total. The second-order valence-electron chi connectivity index (χ2n) is 4.38. The van der Waals surface area contributed by atoms with Gasteiger partial charge in [0.05, 0.1) is 10.7 Å². The van der Waals surface area contributed by atoms with Crippen molar-refractivity contribution in [1.82, 2.24) is 0 Å². The van der Waals surface area contributed by atoms with E-state index in [1.165, 1.54) is 12.1 Å². The molecule has 0 unspecified atom stereocenters. The summed E-state index contributed by atoms with van der Waals surface area (Å²) in [6.07, 6.45) is -0.365. The van der Waals surface area contributed by atoms with Crippen molar-refractivity contribution in [2.75, 3.05) is 10.6 Å². The Bertz CT molecular complexity index is 724. The minimum atomic E-state index is -0.577. The lowest BCUT2D eigenvalue weighted by Gasteiger charge is -2.08. The Balaban J connectivity index is 1.92. The summed E-state index contributed by atoms with van der Waals surface area (Å²) in [6, 6.07) is 10.8. The molecule has 0 saturated carbocycles. The SMILES string of the molecule is O=C(CC(=O)Nc1ccccc1Br)Nc1ccc(F)c(Cl)c1. The third-order valence-electron chi connectivity index (χ3n) is 2.67. The van der Waals surface area contributed by atoms with E-state index in [4.69, 9.17) is 11.6 Å². The highest BCUT2D eigenvalue weighted by atomic mass is 79.9. The van der Waals surface area contributed by atoms with Gasteiger partial charge in [-0.05, 0) is 46.3 Å². The molecule has 0 aliphatic heterocycles. The first-order valence-corrected chi connectivity index (χ1v) is 7.42. The quantitative estimate of drug-likeness (QED) is 0.775. The fourth-order valence-electron chi connectivity index (χ4n) is 1.68. The van der Waals surface area contributed by atoms with Gasteiger partial charge in [0, 0.05) is 10.2 Å². The van der Waals surface area contributed by atoms with Crippen LogP contribution in [0.2, 0.25) is 5.02 Å². The molecule has 0 radical (unpaired) electrons. The number of anilines is 2. The molecule has 0 aliphatic carbocycles. The third-order valence-corrected chi connectivity index (χ3v) is 3.65. The number of nitrogens with one attached hydrogen (secondary N) is 2. The average Bonchev–Trinajstić information content (AvgIpc) is 2.45. The highest BCUT2D eigenvalue weighted by molar-refractivity contribution is 9.10. The van der Waals surface area contributed by atoms with E-state index >= 15 is 0 Å². The first-order valence-electron chi connectivity index (χ1n) is 6.25. The summed E-state index contributed by atoms with van der Waals surface area (Å²) in [5.41, 5.74) is 0.898. The summed E-state index contributed by atoms with van der Waals surface area (Å²) in [4.78, 5) is 23.6. The van der Waals surface area contributed by atoms with Crippen molar-refractivity contribution in [2.45, 2.75) is 6.42 Å². The van der Waals surface area contributed by atoms with Crippen molar-refractivity contribution in [3.05, 3.63) is 57.8 Å². The number of halogens is 3. The van der Waals surface area contributed by atoms with Gasteiger partial charge in [0.15, 0.2) is 0 Å². The first kappa shape index (κ1) is 16.5. The van der Waals surface area contributed by atoms with Gasteiger partial charge in [0.2, 0.25) is 11.8 Å².